The van der Waals surface area contributed by atoms with Crippen LogP contribution in [0, 0.1) is 12.8 Å². The molecule has 0 saturated carbocycles. The maximum Gasteiger partial charge on any atom is 0.123 e. The van der Waals surface area contributed by atoms with Gasteiger partial charge >= 0.3 is 0 Å². The first-order valence-electron chi connectivity index (χ1n) is 7.94. The summed E-state index contributed by atoms with van der Waals surface area (Å²) in [4.78, 5) is 0. The number of ether oxygens (including phenoxy) is 1. The van der Waals surface area contributed by atoms with Gasteiger partial charge in [-0.15, -0.1) is 0 Å². The molecule has 2 heteroatoms. The number of benzene rings is 1. The molecular weight excluding hydrogens is 246 g/mol. The highest BCUT2D eigenvalue weighted by Gasteiger charge is 2.07. The van der Waals surface area contributed by atoms with Crippen molar-refractivity contribution in [1.29, 1.82) is 0 Å². The third-order valence-corrected chi connectivity index (χ3v) is 3.46. The fourth-order valence-corrected chi connectivity index (χ4v) is 2.24. The van der Waals surface area contributed by atoms with E-state index in [1.54, 1.807) is 0 Å². The lowest BCUT2D eigenvalue weighted by molar-refractivity contribution is 0.308. The molecule has 20 heavy (non-hydrogen) atoms. The molecule has 0 heterocycles. The standard InChI is InChI=1S/C18H31NO/c1-14(2)7-6-10-19-11-12-20-18-13-16(5)8-9-17(18)15(3)4/h8-9,13-15,19H,6-7,10-12H2,1-5H3. The summed E-state index contributed by atoms with van der Waals surface area (Å²) in [7, 11) is 0. The first-order chi connectivity index (χ1) is 9.50. The van der Waals surface area contributed by atoms with E-state index >= 15 is 0 Å². The Kier molecular flexibility index (Phi) is 7.68. The molecule has 0 atom stereocenters. The van der Waals surface area contributed by atoms with Crippen LogP contribution in [0.4, 0.5) is 0 Å². The summed E-state index contributed by atoms with van der Waals surface area (Å²) in [6.45, 7) is 13.8. The molecule has 2 nitrogen and oxygen atoms in total. The van der Waals surface area contributed by atoms with Crippen molar-refractivity contribution in [2.45, 2.75) is 53.4 Å². The van der Waals surface area contributed by atoms with Crippen molar-refractivity contribution in [3.05, 3.63) is 29.3 Å². The summed E-state index contributed by atoms with van der Waals surface area (Å²) >= 11 is 0. The predicted molar refractivity (Wildman–Crippen MR) is 87.7 cm³/mol. The molecule has 0 aliphatic rings. The molecule has 0 bridgehead atoms. The molecule has 0 spiro atoms. The Labute approximate surface area is 124 Å². The minimum absolute atomic E-state index is 0.504. The highest BCUT2D eigenvalue weighted by Crippen LogP contribution is 2.27. The van der Waals surface area contributed by atoms with Gasteiger partial charge in [-0.05, 0) is 55.3 Å². The van der Waals surface area contributed by atoms with Crippen LogP contribution < -0.4 is 10.1 Å². The van der Waals surface area contributed by atoms with E-state index < -0.39 is 0 Å². The number of hydrogen-bond acceptors (Lipinski definition) is 2. The summed E-state index contributed by atoms with van der Waals surface area (Å²) < 4.78 is 5.94. The Morgan fingerprint density at radius 1 is 1.10 bits per heavy atom. The molecule has 1 rings (SSSR count). The van der Waals surface area contributed by atoms with E-state index in [-0.39, 0.29) is 0 Å². The van der Waals surface area contributed by atoms with Gasteiger partial charge in [-0.1, -0.05) is 39.8 Å². The summed E-state index contributed by atoms with van der Waals surface area (Å²) in [6.07, 6.45) is 2.54. The molecule has 1 N–H and O–H groups in total. The van der Waals surface area contributed by atoms with Crippen LogP contribution in [0.5, 0.6) is 5.75 Å². The Hall–Kier alpha value is -1.02. The number of rotatable bonds is 9. The summed E-state index contributed by atoms with van der Waals surface area (Å²) in [5.74, 6) is 2.35. The Bertz CT molecular complexity index is 385. The van der Waals surface area contributed by atoms with Gasteiger partial charge in [0.05, 0.1) is 0 Å². The van der Waals surface area contributed by atoms with E-state index in [1.165, 1.54) is 24.0 Å². The second kappa shape index (κ2) is 9.02. The van der Waals surface area contributed by atoms with E-state index in [9.17, 15) is 0 Å². The van der Waals surface area contributed by atoms with Gasteiger partial charge in [0.1, 0.15) is 12.4 Å². The van der Waals surface area contributed by atoms with Gasteiger partial charge in [-0.3, -0.25) is 0 Å². The van der Waals surface area contributed by atoms with Crippen LogP contribution >= 0.6 is 0 Å². The smallest absolute Gasteiger partial charge is 0.123 e. The highest BCUT2D eigenvalue weighted by atomic mass is 16.5. The first kappa shape index (κ1) is 17.0. The summed E-state index contributed by atoms with van der Waals surface area (Å²) in [6, 6.07) is 6.49. The molecular formula is C18H31NO. The fraction of sp³-hybridized carbons (Fsp3) is 0.667. The maximum absolute atomic E-state index is 5.94. The molecule has 0 radical (unpaired) electrons. The number of aryl methyl sites for hydroxylation is 1. The quantitative estimate of drug-likeness (QED) is 0.670. The minimum Gasteiger partial charge on any atom is -0.492 e. The SMILES string of the molecule is Cc1ccc(C(C)C)c(OCCNCCCC(C)C)c1. The van der Waals surface area contributed by atoms with Crippen LogP contribution in [0.25, 0.3) is 0 Å². The lowest BCUT2D eigenvalue weighted by Crippen LogP contribution is -2.22. The molecule has 0 aliphatic carbocycles. The topological polar surface area (TPSA) is 21.3 Å². The summed E-state index contributed by atoms with van der Waals surface area (Å²) in [5.41, 5.74) is 2.56. The van der Waals surface area contributed by atoms with E-state index in [4.69, 9.17) is 4.74 Å². The maximum atomic E-state index is 5.94. The van der Waals surface area contributed by atoms with Crippen LogP contribution in [0.3, 0.4) is 0 Å². The lowest BCUT2D eigenvalue weighted by Gasteiger charge is -2.15. The zero-order valence-electron chi connectivity index (χ0n) is 13.8. The van der Waals surface area contributed by atoms with Crippen molar-refractivity contribution in [1.82, 2.24) is 5.32 Å². The van der Waals surface area contributed by atoms with Crippen molar-refractivity contribution < 1.29 is 4.74 Å². The molecule has 1 aromatic carbocycles. The van der Waals surface area contributed by atoms with Crippen molar-refractivity contribution in [2.24, 2.45) is 5.92 Å². The molecule has 0 unspecified atom stereocenters. The second-order valence-corrected chi connectivity index (χ2v) is 6.33. The van der Waals surface area contributed by atoms with Gasteiger partial charge in [0, 0.05) is 6.54 Å². The minimum atomic E-state index is 0.504. The van der Waals surface area contributed by atoms with Crippen LogP contribution in [0.2, 0.25) is 0 Å². The second-order valence-electron chi connectivity index (χ2n) is 6.33. The molecule has 0 fully saturated rings. The van der Waals surface area contributed by atoms with Gasteiger partial charge in [0.15, 0.2) is 0 Å². The zero-order valence-corrected chi connectivity index (χ0v) is 13.8. The van der Waals surface area contributed by atoms with Crippen LogP contribution in [-0.4, -0.2) is 19.7 Å². The predicted octanol–water partition coefficient (Wildman–Crippen LogP) is 4.52. The van der Waals surface area contributed by atoms with Crippen molar-refractivity contribution in [3.8, 4) is 5.75 Å². The largest absolute Gasteiger partial charge is 0.492 e. The summed E-state index contributed by atoms with van der Waals surface area (Å²) in [5, 5.41) is 3.45. The highest BCUT2D eigenvalue weighted by molar-refractivity contribution is 5.39. The third kappa shape index (κ3) is 6.42. The third-order valence-electron chi connectivity index (χ3n) is 3.46. The number of nitrogens with one attached hydrogen (secondary N) is 1. The molecule has 0 aliphatic heterocycles. The van der Waals surface area contributed by atoms with E-state index in [0.717, 1.165) is 31.4 Å². The molecule has 0 saturated heterocycles. The Morgan fingerprint density at radius 3 is 2.50 bits per heavy atom. The molecule has 0 aromatic heterocycles. The van der Waals surface area contributed by atoms with Crippen molar-refractivity contribution >= 4 is 0 Å². The van der Waals surface area contributed by atoms with Gasteiger partial charge < -0.3 is 10.1 Å². The molecule has 0 amide bonds. The van der Waals surface area contributed by atoms with E-state index in [0.29, 0.717) is 5.92 Å². The monoisotopic (exact) mass is 277 g/mol. The van der Waals surface area contributed by atoms with Crippen LogP contribution in [0.15, 0.2) is 18.2 Å². The fourth-order valence-electron chi connectivity index (χ4n) is 2.24. The van der Waals surface area contributed by atoms with E-state index in [1.807, 2.05) is 0 Å². The lowest BCUT2D eigenvalue weighted by atomic mass is 10.0. The Balaban J connectivity index is 2.29. The first-order valence-corrected chi connectivity index (χ1v) is 7.94. The van der Waals surface area contributed by atoms with Crippen LogP contribution in [-0.2, 0) is 0 Å². The molecule has 114 valence electrons. The molecule has 1 aromatic rings. The average Bonchev–Trinajstić information content (AvgIpc) is 2.37. The normalized spacial score (nSPS) is 11.3. The zero-order chi connectivity index (χ0) is 15.0. The van der Waals surface area contributed by atoms with Crippen LogP contribution in [0.1, 0.15) is 57.6 Å². The van der Waals surface area contributed by atoms with Gasteiger partial charge in [-0.25, -0.2) is 0 Å². The van der Waals surface area contributed by atoms with Crippen molar-refractivity contribution in [3.63, 3.8) is 0 Å². The van der Waals surface area contributed by atoms with Gasteiger partial charge in [0.25, 0.3) is 0 Å². The van der Waals surface area contributed by atoms with E-state index in [2.05, 4.69) is 58.1 Å². The van der Waals surface area contributed by atoms with Gasteiger partial charge in [0.2, 0.25) is 0 Å². The van der Waals surface area contributed by atoms with Gasteiger partial charge in [-0.2, -0.15) is 0 Å². The van der Waals surface area contributed by atoms with Crippen molar-refractivity contribution in [2.75, 3.05) is 19.7 Å². The Morgan fingerprint density at radius 2 is 1.85 bits per heavy atom. The number of hydrogen-bond donors (Lipinski definition) is 1. The average molecular weight is 277 g/mol.